The molecule has 0 amide bonds. The van der Waals surface area contributed by atoms with Crippen LogP contribution < -0.4 is 10.6 Å². The van der Waals surface area contributed by atoms with Crippen molar-refractivity contribution in [1.82, 2.24) is 14.9 Å². The van der Waals surface area contributed by atoms with Crippen molar-refractivity contribution in [3.8, 4) is 0 Å². The topological polar surface area (TPSA) is 162 Å². The van der Waals surface area contributed by atoms with E-state index in [4.69, 9.17) is 10.5 Å². The van der Waals surface area contributed by atoms with E-state index in [0.29, 0.717) is 0 Å². The average molecular weight is 493 g/mol. The van der Waals surface area contributed by atoms with E-state index in [0.717, 1.165) is 49.9 Å². The van der Waals surface area contributed by atoms with Crippen LogP contribution in [0.25, 0.3) is 0 Å². The quantitative estimate of drug-likeness (QED) is 0.221. The van der Waals surface area contributed by atoms with E-state index < -0.39 is 43.9 Å². The van der Waals surface area contributed by atoms with Crippen LogP contribution in [0.1, 0.15) is 30.9 Å². The summed E-state index contributed by atoms with van der Waals surface area (Å²) in [5.41, 5.74) is 6.89. The van der Waals surface area contributed by atoms with Crippen LogP contribution in [0, 0.1) is 10.1 Å². The van der Waals surface area contributed by atoms with Gasteiger partial charge in [0.15, 0.2) is 0 Å². The summed E-state index contributed by atoms with van der Waals surface area (Å²) >= 11 is 0. The number of rotatable bonds is 10. The number of sulfone groups is 1. The maximum absolute atomic E-state index is 12.3. The summed E-state index contributed by atoms with van der Waals surface area (Å²) in [6.45, 7) is 4.21. The smallest absolute Gasteiger partial charge is 0.353 e. The number of hydrogen-bond acceptors (Lipinski definition) is 11. The second kappa shape index (κ2) is 10.7. The number of nitrogens with zero attached hydrogens (tertiary/aromatic N) is 5. The van der Waals surface area contributed by atoms with Crippen LogP contribution in [0.2, 0.25) is 0 Å². The molecule has 12 nitrogen and oxygen atoms in total. The van der Waals surface area contributed by atoms with Crippen LogP contribution in [0.3, 0.4) is 0 Å². The number of carbonyl (C=O) groups excluding carboxylic acids is 1. The second-order valence-electron chi connectivity index (χ2n) is 8.06. The Balaban J connectivity index is 2.02. The van der Waals surface area contributed by atoms with Crippen molar-refractivity contribution >= 4 is 33.1 Å². The van der Waals surface area contributed by atoms with Crippen LogP contribution >= 0.6 is 0 Å². The first kappa shape index (κ1) is 25.3. The SMILES string of the molecule is CCOC(=O)CN(Cc1cccc(CN2CCCC2)c1)c1nc(S(C)(=O)=O)nc(N)c1[N+](=O)[O-]. The van der Waals surface area contributed by atoms with E-state index in [9.17, 15) is 23.3 Å². The van der Waals surface area contributed by atoms with Crippen molar-refractivity contribution in [3.05, 3.63) is 45.5 Å². The summed E-state index contributed by atoms with van der Waals surface area (Å²) in [6.07, 6.45) is 3.19. The lowest BCUT2D eigenvalue weighted by Crippen LogP contribution is -2.32. The molecular weight excluding hydrogens is 464 g/mol. The summed E-state index contributed by atoms with van der Waals surface area (Å²) < 4.78 is 29.2. The lowest BCUT2D eigenvalue weighted by molar-refractivity contribution is -0.383. The highest BCUT2D eigenvalue weighted by molar-refractivity contribution is 7.90. The van der Waals surface area contributed by atoms with Gasteiger partial charge in [-0.15, -0.1) is 0 Å². The summed E-state index contributed by atoms with van der Waals surface area (Å²) in [6, 6.07) is 7.63. The van der Waals surface area contributed by atoms with Gasteiger partial charge in [0.2, 0.25) is 21.5 Å². The van der Waals surface area contributed by atoms with Gasteiger partial charge in [0.1, 0.15) is 6.54 Å². The summed E-state index contributed by atoms with van der Waals surface area (Å²) in [4.78, 5) is 34.5. The van der Waals surface area contributed by atoms with Crippen molar-refractivity contribution in [3.63, 3.8) is 0 Å². The minimum Gasteiger partial charge on any atom is -0.465 e. The van der Waals surface area contributed by atoms with Gasteiger partial charge in [0.25, 0.3) is 5.16 Å². The molecule has 1 aromatic carbocycles. The van der Waals surface area contributed by atoms with Gasteiger partial charge in [-0.2, -0.15) is 9.97 Å². The zero-order chi connectivity index (χ0) is 24.9. The standard InChI is InChI=1S/C21H28N6O6S/c1-3-33-17(28)14-26(13-16-8-6-7-15(11-16)12-25-9-4-5-10-25)20-18(27(29)30)19(22)23-21(24-20)34(2,31)32/h6-8,11H,3-5,9-10,12-14H2,1-2H3,(H2,22,23,24). The Kier molecular flexibility index (Phi) is 7.99. The monoisotopic (exact) mass is 492 g/mol. The van der Waals surface area contributed by atoms with Gasteiger partial charge < -0.3 is 15.4 Å². The van der Waals surface area contributed by atoms with Gasteiger partial charge >= 0.3 is 11.7 Å². The molecule has 1 saturated heterocycles. The van der Waals surface area contributed by atoms with Crippen molar-refractivity contribution in [2.75, 3.05) is 43.1 Å². The van der Waals surface area contributed by atoms with E-state index in [1.54, 1.807) is 6.92 Å². The van der Waals surface area contributed by atoms with Crippen LogP contribution in [-0.4, -0.2) is 66.7 Å². The number of nitrogens with two attached hydrogens (primary N) is 1. The largest absolute Gasteiger partial charge is 0.465 e. The normalized spacial score (nSPS) is 14.2. The molecule has 34 heavy (non-hydrogen) atoms. The zero-order valence-electron chi connectivity index (χ0n) is 19.1. The van der Waals surface area contributed by atoms with Crippen LogP contribution in [-0.2, 0) is 32.5 Å². The first-order valence-electron chi connectivity index (χ1n) is 10.8. The van der Waals surface area contributed by atoms with Gasteiger partial charge in [-0.25, -0.2) is 8.42 Å². The Morgan fingerprint density at radius 2 is 1.94 bits per heavy atom. The minimum absolute atomic E-state index is 0.0349. The number of hydrogen-bond donors (Lipinski definition) is 1. The number of nitro groups is 1. The van der Waals surface area contributed by atoms with Crippen molar-refractivity contribution < 1.29 is 22.9 Å². The first-order valence-corrected chi connectivity index (χ1v) is 12.7. The van der Waals surface area contributed by atoms with E-state index in [1.807, 2.05) is 24.3 Å². The highest BCUT2D eigenvalue weighted by Crippen LogP contribution is 2.33. The lowest BCUT2D eigenvalue weighted by Gasteiger charge is -2.23. The molecule has 2 heterocycles. The molecule has 2 aromatic rings. The number of ether oxygens (including phenoxy) is 1. The Bertz CT molecular complexity index is 1170. The van der Waals surface area contributed by atoms with E-state index in [1.165, 1.54) is 4.90 Å². The first-order chi connectivity index (χ1) is 16.1. The van der Waals surface area contributed by atoms with E-state index >= 15 is 0 Å². The molecule has 0 saturated carbocycles. The van der Waals surface area contributed by atoms with Crippen molar-refractivity contribution in [1.29, 1.82) is 0 Å². The fourth-order valence-corrected chi connectivity index (χ4v) is 4.33. The molecule has 0 radical (unpaired) electrons. The molecule has 1 aliphatic rings. The molecule has 1 fully saturated rings. The second-order valence-corrected chi connectivity index (χ2v) is 9.97. The Morgan fingerprint density at radius 1 is 1.26 bits per heavy atom. The number of benzene rings is 1. The average Bonchev–Trinajstić information content (AvgIpc) is 3.25. The van der Waals surface area contributed by atoms with Gasteiger partial charge in [0, 0.05) is 19.3 Å². The molecule has 184 valence electrons. The summed E-state index contributed by atoms with van der Waals surface area (Å²) in [7, 11) is -3.93. The third-order valence-electron chi connectivity index (χ3n) is 5.28. The number of likely N-dealkylation sites (tertiary alicyclic amines) is 1. The molecule has 0 unspecified atom stereocenters. The van der Waals surface area contributed by atoms with Crippen LogP contribution in [0.15, 0.2) is 29.4 Å². The van der Waals surface area contributed by atoms with Crippen LogP contribution in [0.5, 0.6) is 0 Å². The number of anilines is 2. The molecule has 13 heteroatoms. The fraction of sp³-hybridized carbons (Fsp3) is 0.476. The number of aromatic nitrogens is 2. The molecule has 0 aliphatic carbocycles. The predicted octanol–water partition coefficient (Wildman–Crippen LogP) is 1.54. The summed E-state index contributed by atoms with van der Waals surface area (Å²) in [5.74, 6) is -1.62. The van der Waals surface area contributed by atoms with Crippen molar-refractivity contribution in [2.24, 2.45) is 0 Å². The molecule has 2 N–H and O–H groups in total. The zero-order valence-corrected chi connectivity index (χ0v) is 20.0. The maximum atomic E-state index is 12.3. The molecule has 1 aliphatic heterocycles. The number of nitrogen functional groups attached to an aromatic ring is 1. The molecular formula is C21H28N6O6S. The Labute approximate surface area is 197 Å². The molecule has 0 spiro atoms. The van der Waals surface area contributed by atoms with E-state index in [2.05, 4.69) is 14.9 Å². The Hall–Kier alpha value is -3.32. The third-order valence-corrected chi connectivity index (χ3v) is 6.13. The highest BCUT2D eigenvalue weighted by Gasteiger charge is 2.31. The fourth-order valence-electron chi connectivity index (χ4n) is 3.81. The van der Waals surface area contributed by atoms with Gasteiger partial charge in [0.05, 0.1) is 11.5 Å². The van der Waals surface area contributed by atoms with E-state index in [-0.39, 0.29) is 19.0 Å². The molecule has 3 rings (SSSR count). The summed E-state index contributed by atoms with van der Waals surface area (Å²) in [5, 5.41) is 11.1. The predicted molar refractivity (Wildman–Crippen MR) is 125 cm³/mol. The maximum Gasteiger partial charge on any atom is 0.353 e. The van der Waals surface area contributed by atoms with Gasteiger partial charge in [-0.3, -0.25) is 19.8 Å². The molecule has 1 aromatic heterocycles. The highest BCUT2D eigenvalue weighted by atomic mass is 32.2. The third kappa shape index (κ3) is 6.38. The Morgan fingerprint density at radius 3 is 2.56 bits per heavy atom. The molecule has 0 atom stereocenters. The van der Waals surface area contributed by atoms with Crippen molar-refractivity contribution in [2.45, 2.75) is 38.0 Å². The lowest BCUT2D eigenvalue weighted by atomic mass is 10.1. The van der Waals surface area contributed by atoms with Crippen LogP contribution in [0.4, 0.5) is 17.3 Å². The van der Waals surface area contributed by atoms with Gasteiger partial charge in [-0.1, -0.05) is 24.3 Å². The number of carbonyl (C=O) groups is 1. The number of esters is 1. The molecule has 0 bridgehead atoms. The minimum atomic E-state index is -3.93. The van der Waals surface area contributed by atoms with Gasteiger partial charge in [-0.05, 0) is 44.0 Å².